The van der Waals surface area contributed by atoms with Gasteiger partial charge in [-0.15, -0.1) is 10.2 Å². The van der Waals surface area contributed by atoms with Crippen LogP contribution in [0.5, 0.6) is 0 Å². The van der Waals surface area contributed by atoms with Gasteiger partial charge in [0.25, 0.3) is 5.91 Å². The molecule has 0 radical (unpaired) electrons. The Bertz CT molecular complexity index is 1440. The first-order valence-corrected chi connectivity index (χ1v) is 13.5. The summed E-state index contributed by atoms with van der Waals surface area (Å²) in [6.07, 6.45) is 0.775. The second-order valence-corrected chi connectivity index (χ2v) is 9.97. The number of aromatic nitrogens is 2. The van der Waals surface area contributed by atoms with Crippen molar-refractivity contribution in [1.82, 2.24) is 20.0 Å². The number of hydrogen-bond donors (Lipinski definition) is 0. The van der Waals surface area contributed by atoms with E-state index in [0.29, 0.717) is 37.4 Å². The highest BCUT2D eigenvalue weighted by atomic mass is 19.1. The minimum Gasteiger partial charge on any atom is -0.353 e. The molecule has 40 heavy (non-hydrogen) atoms. The van der Waals surface area contributed by atoms with Gasteiger partial charge in [0.15, 0.2) is 5.82 Å². The Balaban J connectivity index is 1.25. The summed E-state index contributed by atoms with van der Waals surface area (Å²) >= 11 is 0. The van der Waals surface area contributed by atoms with E-state index in [-0.39, 0.29) is 24.2 Å². The van der Waals surface area contributed by atoms with Gasteiger partial charge in [0, 0.05) is 43.9 Å². The molecule has 0 N–H and O–H groups in total. The van der Waals surface area contributed by atoms with Gasteiger partial charge < -0.3 is 14.7 Å². The molecule has 3 aromatic carbocycles. The van der Waals surface area contributed by atoms with Crippen LogP contribution in [0.1, 0.15) is 27.9 Å². The van der Waals surface area contributed by atoms with Crippen LogP contribution >= 0.6 is 0 Å². The highest BCUT2D eigenvalue weighted by molar-refractivity contribution is 5.97. The first-order chi connectivity index (χ1) is 19.5. The van der Waals surface area contributed by atoms with Crippen molar-refractivity contribution in [1.29, 1.82) is 0 Å². The summed E-state index contributed by atoms with van der Waals surface area (Å²) in [5.74, 6) is 0.223. The minimum atomic E-state index is -0.292. The molecule has 1 aromatic heterocycles. The molecule has 4 aromatic rings. The number of hydrogen-bond acceptors (Lipinski definition) is 5. The van der Waals surface area contributed by atoms with Crippen LogP contribution in [-0.2, 0) is 11.3 Å². The Morgan fingerprint density at radius 1 is 0.825 bits per heavy atom. The average Bonchev–Trinajstić information content (AvgIpc) is 3.24. The maximum Gasteiger partial charge on any atom is 0.254 e. The van der Waals surface area contributed by atoms with Crippen LogP contribution in [0, 0.1) is 12.7 Å². The summed E-state index contributed by atoms with van der Waals surface area (Å²) in [7, 11) is 0. The van der Waals surface area contributed by atoms with Crippen molar-refractivity contribution in [3.63, 3.8) is 0 Å². The molecule has 0 spiro atoms. The van der Waals surface area contributed by atoms with Crippen molar-refractivity contribution in [2.24, 2.45) is 0 Å². The fraction of sp³-hybridized carbons (Fsp3) is 0.250. The molecule has 204 valence electrons. The molecule has 0 bridgehead atoms. The smallest absolute Gasteiger partial charge is 0.254 e. The number of nitrogens with zero attached hydrogens (tertiary/aromatic N) is 5. The van der Waals surface area contributed by atoms with E-state index < -0.39 is 0 Å². The third-order valence-electron chi connectivity index (χ3n) is 7.17. The lowest BCUT2D eigenvalue weighted by atomic mass is 10.1. The number of halogens is 1. The molecule has 5 rings (SSSR count). The van der Waals surface area contributed by atoms with Gasteiger partial charge in [-0.3, -0.25) is 9.59 Å². The van der Waals surface area contributed by atoms with Crippen molar-refractivity contribution >= 4 is 17.6 Å². The molecular formula is C32H32FN5O2. The van der Waals surface area contributed by atoms with E-state index in [1.54, 1.807) is 17.0 Å². The molecule has 1 fully saturated rings. The van der Waals surface area contributed by atoms with Crippen molar-refractivity contribution in [2.75, 3.05) is 37.6 Å². The van der Waals surface area contributed by atoms with Crippen LogP contribution in [0.15, 0.2) is 91.0 Å². The van der Waals surface area contributed by atoms with E-state index in [1.165, 1.54) is 12.1 Å². The fourth-order valence-corrected chi connectivity index (χ4v) is 4.91. The van der Waals surface area contributed by atoms with Gasteiger partial charge in [0.1, 0.15) is 12.4 Å². The van der Waals surface area contributed by atoms with E-state index in [9.17, 15) is 14.0 Å². The topological polar surface area (TPSA) is 69.6 Å². The standard InChI is InChI=1S/C32H32FN5O2/c1-24-8-5-6-11-28(24)32(40)38(22-25-9-3-2-4-10-25)23-31(39)37-19-7-18-36(20-21-37)30-17-16-29(34-35-30)26-12-14-27(33)15-13-26/h2-6,8-17H,7,18-23H2,1H3. The first kappa shape index (κ1) is 27.0. The maximum atomic E-state index is 13.6. The lowest BCUT2D eigenvalue weighted by Crippen LogP contribution is -2.44. The Hall–Kier alpha value is -4.59. The zero-order valence-corrected chi connectivity index (χ0v) is 22.5. The van der Waals surface area contributed by atoms with Gasteiger partial charge in [-0.25, -0.2) is 4.39 Å². The molecule has 2 heterocycles. The van der Waals surface area contributed by atoms with E-state index in [0.717, 1.165) is 35.5 Å². The quantitative estimate of drug-likeness (QED) is 0.333. The zero-order chi connectivity index (χ0) is 27.9. The highest BCUT2D eigenvalue weighted by Gasteiger charge is 2.25. The summed E-state index contributed by atoms with van der Waals surface area (Å²) in [6, 6.07) is 27.2. The summed E-state index contributed by atoms with van der Waals surface area (Å²) < 4.78 is 13.2. The molecule has 0 unspecified atom stereocenters. The Labute approximate surface area is 233 Å². The third kappa shape index (κ3) is 6.51. The van der Waals surface area contributed by atoms with E-state index in [1.807, 2.05) is 78.6 Å². The van der Waals surface area contributed by atoms with Crippen LogP contribution < -0.4 is 4.90 Å². The Morgan fingerprint density at radius 3 is 2.30 bits per heavy atom. The summed E-state index contributed by atoms with van der Waals surface area (Å²) in [6.45, 7) is 4.76. The summed E-state index contributed by atoms with van der Waals surface area (Å²) in [4.78, 5) is 32.7. The van der Waals surface area contributed by atoms with Crippen molar-refractivity contribution in [3.05, 3.63) is 114 Å². The summed E-state index contributed by atoms with van der Waals surface area (Å²) in [5.41, 5.74) is 3.94. The average molecular weight is 538 g/mol. The normalized spacial score (nSPS) is 13.6. The molecule has 0 aliphatic carbocycles. The molecule has 8 heteroatoms. The van der Waals surface area contributed by atoms with Crippen molar-refractivity contribution < 1.29 is 14.0 Å². The number of carbonyl (C=O) groups excluding carboxylic acids is 2. The number of anilines is 1. The molecular weight excluding hydrogens is 505 g/mol. The predicted molar refractivity (Wildman–Crippen MR) is 153 cm³/mol. The molecule has 2 amide bonds. The second-order valence-electron chi connectivity index (χ2n) is 9.97. The van der Waals surface area contributed by atoms with Gasteiger partial charge in [-0.05, 0) is 66.9 Å². The minimum absolute atomic E-state index is 0.00817. The van der Waals surface area contributed by atoms with Crippen LogP contribution in [-0.4, -0.2) is 64.5 Å². The van der Waals surface area contributed by atoms with Gasteiger partial charge >= 0.3 is 0 Å². The van der Waals surface area contributed by atoms with Crippen LogP contribution in [0.4, 0.5) is 10.2 Å². The fourth-order valence-electron chi connectivity index (χ4n) is 4.91. The number of carbonyl (C=O) groups is 2. The van der Waals surface area contributed by atoms with E-state index in [2.05, 4.69) is 15.1 Å². The van der Waals surface area contributed by atoms with Gasteiger partial charge in [-0.2, -0.15) is 0 Å². The monoisotopic (exact) mass is 537 g/mol. The number of aryl methyl sites for hydroxylation is 1. The lowest BCUT2D eigenvalue weighted by molar-refractivity contribution is -0.131. The molecule has 0 saturated carbocycles. The maximum absolute atomic E-state index is 13.6. The van der Waals surface area contributed by atoms with Gasteiger partial charge in [0.2, 0.25) is 5.91 Å². The van der Waals surface area contributed by atoms with Crippen LogP contribution in [0.3, 0.4) is 0 Å². The molecule has 1 saturated heterocycles. The van der Waals surface area contributed by atoms with Gasteiger partial charge in [-0.1, -0.05) is 48.5 Å². The van der Waals surface area contributed by atoms with Crippen LogP contribution in [0.2, 0.25) is 0 Å². The van der Waals surface area contributed by atoms with Crippen LogP contribution in [0.25, 0.3) is 11.3 Å². The third-order valence-corrected chi connectivity index (χ3v) is 7.17. The SMILES string of the molecule is Cc1ccccc1C(=O)N(CC(=O)N1CCCN(c2ccc(-c3ccc(F)cc3)nn2)CC1)Cc1ccccc1. The molecule has 7 nitrogen and oxygen atoms in total. The predicted octanol–water partition coefficient (Wildman–Crippen LogP) is 4.97. The van der Waals surface area contributed by atoms with Crippen molar-refractivity contribution in [2.45, 2.75) is 19.9 Å². The lowest BCUT2D eigenvalue weighted by Gasteiger charge is -2.27. The molecule has 1 aliphatic heterocycles. The van der Waals surface area contributed by atoms with E-state index >= 15 is 0 Å². The number of benzene rings is 3. The zero-order valence-electron chi connectivity index (χ0n) is 22.5. The number of amides is 2. The Kier molecular flexibility index (Phi) is 8.44. The van der Waals surface area contributed by atoms with E-state index in [4.69, 9.17) is 0 Å². The molecule has 0 atom stereocenters. The van der Waals surface area contributed by atoms with Gasteiger partial charge in [0.05, 0.1) is 5.69 Å². The largest absolute Gasteiger partial charge is 0.353 e. The Morgan fingerprint density at radius 2 is 1.57 bits per heavy atom. The molecule has 1 aliphatic rings. The first-order valence-electron chi connectivity index (χ1n) is 13.5. The number of rotatable bonds is 7. The second kappa shape index (κ2) is 12.5. The highest BCUT2D eigenvalue weighted by Crippen LogP contribution is 2.20. The van der Waals surface area contributed by atoms with Crippen molar-refractivity contribution in [3.8, 4) is 11.3 Å². The summed E-state index contributed by atoms with van der Waals surface area (Å²) in [5, 5.41) is 8.73.